The Kier molecular flexibility index (Phi) is 5.30. The van der Waals surface area contributed by atoms with Crippen LogP contribution in [0.2, 0.25) is 0 Å². The Hall–Kier alpha value is -2.10. The summed E-state index contributed by atoms with van der Waals surface area (Å²) in [5, 5.41) is 15.4. The maximum absolute atomic E-state index is 9.31. The van der Waals surface area contributed by atoms with Gasteiger partial charge in [0, 0.05) is 6.54 Å². The van der Waals surface area contributed by atoms with E-state index in [0.29, 0.717) is 31.3 Å². The number of nitrogens with one attached hydrogen (secondary N) is 2. The SMILES string of the molecule is CCNc1nc(NC(C#N)(CC)CC)nc(OC)n1. The molecule has 1 aromatic rings. The monoisotopic (exact) mass is 264 g/mol. The largest absolute Gasteiger partial charge is 0.467 e. The second kappa shape index (κ2) is 6.73. The molecule has 0 spiro atoms. The van der Waals surface area contributed by atoms with Crippen LogP contribution in [0.15, 0.2) is 0 Å². The number of ether oxygens (including phenoxy) is 1. The van der Waals surface area contributed by atoms with E-state index in [1.807, 2.05) is 20.8 Å². The van der Waals surface area contributed by atoms with Crippen molar-refractivity contribution < 1.29 is 4.74 Å². The van der Waals surface area contributed by atoms with Gasteiger partial charge in [0.15, 0.2) is 0 Å². The summed E-state index contributed by atoms with van der Waals surface area (Å²) in [5.41, 5.74) is -0.671. The zero-order valence-electron chi connectivity index (χ0n) is 11.8. The Morgan fingerprint density at radius 1 is 1.16 bits per heavy atom. The minimum atomic E-state index is -0.671. The zero-order chi connectivity index (χ0) is 14.3. The van der Waals surface area contributed by atoms with Crippen molar-refractivity contribution in [1.82, 2.24) is 15.0 Å². The highest BCUT2D eigenvalue weighted by Gasteiger charge is 2.27. The second-order valence-corrected chi connectivity index (χ2v) is 4.03. The van der Waals surface area contributed by atoms with Gasteiger partial charge in [0.2, 0.25) is 11.9 Å². The maximum atomic E-state index is 9.31. The number of nitrogens with zero attached hydrogens (tertiary/aromatic N) is 4. The highest BCUT2D eigenvalue weighted by Crippen LogP contribution is 2.21. The average molecular weight is 264 g/mol. The summed E-state index contributed by atoms with van der Waals surface area (Å²) in [7, 11) is 1.49. The first-order valence-electron chi connectivity index (χ1n) is 6.36. The Morgan fingerprint density at radius 3 is 2.26 bits per heavy atom. The molecule has 0 aliphatic rings. The van der Waals surface area contributed by atoms with Crippen LogP contribution < -0.4 is 15.4 Å². The van der Waals surface area contributed by atoms with E-state index in [1.165, 1.54) is 7.11 Å². The highest BCUT2D eigenvalue weighted by molar-refractivity contribution is 5.40. The summed E-state index contributed by atoms with van der Waals surface area (Å²) in [5.74, 6) is 0.768. The fourth-order valence-electron chi connectivity index (χ4n) is 1.57. The lowest BCUT2D eigenvalue weighted by molar-refractivity contribution is 0.379. The Morgan fingerprint density at radius 2 is 1.79 bits per heavy atom. The van der Waals surface area contributed by atoms with Gasteiger partial charge in [-0.25, -0.2) is 0 Å². The van der Waals surface area contributed by atoms with Crippen LogP contribution in [0.25, 0.3) is 0 Å². The van der Waals surface area contributed by atoms with Gasteiger partial charge in [0.25, 0.3) is 0 Å². The Bertz CT molecular complexity index is 452. The van der Waals surface area contributed by atoms with E-state index < -0.39 is 5.54 Å². The number of aromatic nitrogens is 3. The molecule has 0 fully saturated rings. The molecule has 0 bridgehead atoms. The molecule has 1 rings (SSSR count). The summed E-state index contributed by atoms with van der Waals surface area (Å²) in [4.78, 5) is 12.4. The normalized spacial score (nSPS) is 10.7. The van der Waals surface area contributed by atoms with Crippen molar-refractivity contribution >= 4 is 11.9 Å². The maximum Gasteiger partial charge on any atom is 0.322 e. The van der Waals surface area contributed by atoms with Crippen molar-refractivity contribution in [3.63, 3.8) is 0 Å². The van der Waals surface area contributed by atoms with E-state index in [1.54, 1.807) is 0 Å². The number of methoxy groups -OCH3 is 1. The van der Waals surface area contributed by atoms with Gasteiger partial charge in [-0.1, -0.05) is 13.8 Å². The van der Waals surface area contributed by atoms with Crippen LogP contribution >= 0.6 is 0 Å². The van der Waals surface area contributed by atoms with Gasteiger partial charge in [-0.15, -0.1) is 0 Å². The predicted octanol–water partition coefficient (Wildman–Crippen LogP) is 1.81. The molecule has 1 aromatic heterocycles. The Labute approximate surface area is 113 Å². The van der Waals surface area contributed by atoms with E-state index in [2.05, 4.69) is 31.7 Å². The van der Waals surface area contributed by atoms with Crippen molar-refractivity contribution in [2.24, 2.45) is 0 Å². The molecule has 19 heavy (non-hydrogen) atoms. The molecule has 0 aliphatic heterocycles. The smallest absolute Gasteiger partial charge is 0.322 e. The molecule has 0 radical (unpaired) electrons. The lowest BCUT2D eigenvalue weighted by atomic mass is 9.95. The fourth-order valence-corrected chi connectivity index (χ4v) is 1.57. The highest BCUT2D eigenvalue weighted by atomic mass is 16.5. The first kappa shape index (κ1) is 15.0. The van der Waals surface area contributed by atoms with Gasteiger partial charge in [0.1, 0.15) is 5.54 Å². The molecule has 1 heterocycles. The van der Waals surface area contributed by atoms with Gasteiger partial charge < -0.3 is 15.4 Å². The molecule has 0 saturated carbocycles. The molecular weight excluding hydrogens is 244 g/mol. The van der Waals surface area contributed by atoms with Gasteiger partial charge in [0.05, 0.1) is 13.2 Å². The van der Waals surface area contributed by atoms with E-state index >= 15 is 0 Å². The van der Waals surface area contributed by atoms with E-state index in [9.17, 15) is 5.26 Å². The van der Waals surface area contributed by atoms with Gasteiger partial charge in [-0.05, 0) is 19.8 Å². The average Bonchev–Trinajstić information content (AvgIpc) is 2.45. The quantitative estimate of drug-likeness (QED) is 0.775. The van der Waals surface area contributed by atoms with Crippen molar-refractivity contribution in [2.45, 2.75) is 39.2 Å². The summed E-state index contributed by atoms with van der Waals surface area (Å²) < 4.78 is 5.03. The van der Waals surface area contributed by atoms with Crippen molar-refractivity contribution in [1.29, 1.82) is 5.26 Å². The minimum Gasteiger partial charge on any atom is -0.467 e. The van der Waals surface area contributed by atoms with Gasteiger partial charge >= 0.3 is 6.01 Å². The van der Waals surface area contributed by atoms with Crippen LogP contribution in [0.4, 0.5) is 11.9 Å². The third kappa shape index (κ3) is 3.68. The lowest BCUT2D eigenvalue weighted by Gasteiger charge is -2.24. The van der Waals surface area contributed by atoms with Gasteiger partial charge in [-0.2, -0.15) is 20.2 Å². The molecule has 0 aliphatic carbocycles. The molecule has 7 heteroatoms. The number of hydrogen-bond donors (Lipinski definition) is 2. The fraction of sp³-hybridized carbons (Fsp3) is 0.667. The van der Waals surface area contributed by atoms with Crippen molar-refractivity contribution in [3.8, 4) is 12.1 Å². The standard InChI is InChI=1S/C12H20N6O/c1-5-12(6-2,8-13)18-10-15-9(14-7-3)16-11(17-10)19-4/h5-7H2,1-4H3,(H2,14,15,16,17,18). The minimum absolute atomic E-state index is 0.215. The Balaban J connectivity index is 3.06. The van der Waals surface area contributed by atoms with Crippen LogP contribution in [-0.2, 0) is 0 Å². The molecular formula is C12H20N6O. The van der Waals surface area contributed by atoms with Gasteiger partial charge in [-0.3, -0.25) is 0 Å². The third-order valence-corrected chi connectivity index (χ3v) is 2.90. The summed E-state index contributed by atoms with van der Waals surface area (Å²) in [6.07, 6.45) is 1.31. The third-order valence-electron chi connectivity index (χ3n) is 2.90. The number of hydrogen-bond acceptors (Lipinski definition) is 7. The van der Waals surface area contributed by atoms with Crippen LogP contribution in [0.1, 0.15) is 33.6 Å². The van der Waals surface area contributed by atoms with Crippen LogP contribution in [0.5, 0.6) is 6.01 Å². The molecule has 0 unspecified atom stereocenters. The second-order valence-electron chi connectivity index (χ2n) is 4.03. The van der Waals surface area contributed by atoms with E-state index in [-0.39, 0.29) is 6.01 Å². The first-order chi connectivity index (χ1) is 9.12. The van der Waals surface area contributed by atoms with Crippen molar-refractivity contribution in [3.05, 3.63) is 0 Å². The van der Waals surface area contributed by atoms with E-state index in [4.69, 9.17) is 4.74 Å². The number of rotatable bonds is 7. The molecule has 2 N–H and O–H groups in total. The molecule has 0 aromatic carbocycles. The number of nitriles is 1. The first-order valence-corrected chi connectivity index (χ1v) is 6.36. The predicted molar refractivity (Wildman–Crippen MR) is 73.1 cm³/mol. The lowest BCUT2D eigenvalue weighted by Crippen LogP contribution is -2.36. The van der Waals surface area contributed by atoms with Crippen LogP contribution in [0, 0.1) is 11.3 Å². The molecule has 0 amide bonds. The molecule has 0 atom stereocenters. The van der Waals surface area contributed by atoms with E-state index in [0.717, 1.165) is 0 Å². The molecule has 7 nitrogen and oxygen atoms in total. The summed E-state index contributed by atoms with van der Waals surface area (Å²) in [6.45, 7) is 6.53. The summed E-state index contributed by atoms with van der Waals surface area (Å²) in [6, 6.07) is 2.49. The molecule has 0 saturated heterocycles. The molecule has 104 valence electrons. The zero-order valence-corrected chi connectivity index (χ0v) is 11.8. The number of anilines is 2. The topological polar surface area (TPSA) is 95.8 Å². The van der Waals surface area contributed by atoms with Crippen molar-refractivity contribution in [2.75, 3.05) is 24.3 Å². The summed E-state index contributed by atoms with van der Waals surface area (Å²) >= 11 is 0. The van der Waals surface area contributed by atoms with Crippen LogP contribution in [-0.4, -0.2) is 34.1 Å². The van der Waals surface area contributed by atoms with Crippen LogP contribution in [0.3, 0.4) is 0 Å².